The summed E-state index contributed by atoms with van der Waals surface area (Å²) in [6.45, 7) is 9.17. The molecule has 182 valence electrons. The van der Waals surface area contributed by atoms with Crippen LogP contribution in [0.15, 0.2) is 12.1 Å². The summed E-state index contributed by atoms with van der Waals surface area (Å²) < 4.78 is 0. The highest BCUT2D eigenvalue weighted by molar-refractivity contribution is 5.83. The Hall–Kier alpha value is -1.58. The first-order chi connectivity index (χ1) is 15.8. The molecule has 0 aliphatic carbocycles. The topological polar surface area (TPSA) is 44.8 Å². The lowest BCUT2D eigenvalue weighted by atomic mass is 10.0. The van der Waals surface area contributed by atoms with Crippen LogP contribution < -0.4 is 4.90 Å². The third kappa shape index (κ3) is 9.50. The Morgan fingerprint density at radius 3 is 1.66 bits per heavy atom. The van der Waals surface area contributed by atoms with Crippen LogP contribution in [0.1, 0.15) is 129 Å². The number of anilines is 1. The maximum atomic E-state index is 4.39. The van der Waals surface area contributed by atoms with Gasteiger partial charge in [-0.15, -0.1) is 5.10 Å². The van der Waals surface area contributed by atoms with Gasteiger partial charge in [-0.25, -0.2) is 0 Å². The molecule has 0 amide bonds. The van der Waals surface area contributed by atoms with E-state index in [4.69, 9.17) is 0 Å². The SMILES string of the molecule is CCCCCCCCCCN(CCCCCCCCCC)c1ccc2[nH]nnc2c1CC. The number of fused-ring (bicyclic) bond motifs is 1. The van der Waals surface area contributed by atoms with E-state index in [2.05, 4.69) is 53.2 Å². The Balaban J connectivity index is 1.86. The highest BCUT2D eigenvalue weighted by atomic mass is 15.3. The van der Waals surface area contributed by atoms with Gasteiger partial charge in [-0.3, -0.25) is 5.10 Å². The average molecular weight is 443 g/mol. The van der Waals surface area contributed by atoms with E-state index in [1.807, 2.05) is 0 Å². The monoisotopic (exact) mass is 442 g/mol. The summed E-state index contributed by atoms with van der Waals surface area (Å²) in [5.41, 5.74) is 4.86. The third-order valence-electron chi connectivity index (χ3n) is 6.84. The first-order valence-corrected chi connectivity index (χ1v) is 13.9. The van der Waals surface area contributed by atoms with Crippen LogP contribution >= 0.6 is 0 Å². The van der Waals surface area contributed by atoms with E-state index in [-0.39, 0.29) is 0 Å². The fourth-order valence-corrected chi connectivity index (χ4v) is 4.83. The molecule has 0 unspecified atom stereocenters. The molecule has 0 spiro atoms. The van der Waals surface area contributed by atoms with Gasteiger partial charge in [-0.05, 0) is 31.4 Å². The molecule has 4 nitrogen and oxygen atoms in total. The second kappa shape index (κ2) is 17.0. The molecule has 0 saturated heterocycles. The zero-order valence-corrected chi connectivity index (χ0v) is 21.4. The first-order valence-electron chi connectivity index (χ1n) is 13.9. The van der Waals surface area contributed by atoms with Crippen molar-refractivity contribution in [1.29, 1.82) is 0 Å². The lowest BCUT2D eigenvalue weighted by molar-refractivity contribution is 0.555. The van der Waals surface area contributed by atoms with Crippen molar-refractivity contribution in [2.75, 3.05) is 18.0 Å². The van der Waals surface area contributed by atoms with Gasteiger partial charge in [0, 0.05) is 24.3 Å². The molecule has 2 rings (SSSR count). The van der Waals surface area contributed by atoms with Crippen LogP contribution in [0, 0.1) is 0 Å². The number of benzene rings is 1. The Kier molecular flexibility index (Phi) is 14.1. The minimum absolute atomic E-state index is 1.00. The standard InChI is InChI=1S/C28H50N4/c1-4-7-9-11-13-15-17-19-23-32(24-20-18-16-14-12-10-8-5-2)27-22-21-26-28(25(27)6-3)30-31-29-26/h21-22H,4-20,23-24H2,1-3H3,(H,29,30,31). The number of aromatic amines is 1. The van der Waals surface area contributed by atoms with Crippen LogP contribution in [0.25, 0.3) is 11.0 Å². The van der Waals surface area contributed by atoms with Crippen molar-refractivity contribution in [2.24, 2.45) is 0 Å². The van der Waals surface area contributed by atoms with Crippen LogP contribution in [0.5, 0.6) is 0 Å². The van der Waals surface area contributed by atoms with E-state index in [0.29, 0.717) is 0 Å². The zero-order chi connectivity index (χ0) is 22.9. The summed E-state index contributed by atoms with van der Waals surface area (Å²) in [4.78, 5) is 2.65. The van der Waals surface area contributed by atoms with Crippen molar-refractivity contribution in [3.8, 4) is 0 Å². The molecule has 4 heteroatoms. The molecule has 2 aromatic rings. The van der Waals surface area contributed by atoms with Crippen molar-refractivity contribution in [3.63, 3.8) is 0 Å². The third-order valence-corrected chi connectivity index (χ3v) is 6.84. The van der Waals surface area contributed by atoms with Crippen molar-refractivity contribution in [1.82, 2.24) is 15.4 Å². The predicted octanol–water partition coefficient (Wildman–Crippen LogP) is 8.61. The molecule has 0 aliphatic heterocycles. The highest BCUT2D eigenvalue weighted by Gasteiger charge is 2.15. The minimum Gasteiger partial charge on any atom is -0.371 e. The summed E-state index contributed by atoms with van der Waals surface area (Å²) in [5, 5.41) is 11.5. The Bertz CT molecular complexity index is 689. The number of aryl methyl sites for hydroxylation is 1. The summed E-state index contributed by atoms with van der Waals surface area (Å²) in [6, 6.07) is 4.47. The van der Waals surface area contributed by atoms with Crippen molar-refractivity contribution < 1.29 is 0 Å². The second-order valence-electron chi connectivity index (χ2n) is 9.56. The van der Waals surface area contributed by atoms with Crippen molar-refractivity contribution in [2.45, 2.75) is 130 Å². The fourth-order valence-electron chi connectivity index (χ4n) is 4.83. The molecular weight excluding hydrogens is 392 g/mol. The van der Waals surface area contributed by atoms with Crippen LogP contribution in [0.4, 0.5) is 5.69 Å². The van der Waals surface area contributed by atoms with Crippen LogP contribution in [0.2, 0.25) is 0 Å². The highest BCUT2D eigenvalue weighted by Crippen LogP contribution is 2.28. The molecule has 1 aromatic carbocycles. The lowest BCUT2D eigenvalue weighted by Crippen LogP contribution is -2.27. The van der Waals surface area contributed by atoms with E-state index in [9.17, 15) is 0 Å². The first kappa shape index (κ1) is 26.7. The molecule has 1 aromatic heterocycles. The molecule has 0 bridgehead atoms. The second-order valence-corrected chi connectivity index (χ2v) is 9.56. The van der Waals surface area contributed by atoms with Gasteiger partial charge >= 0.3 is 0 Å². The normalized spacial score (nSPS) is 11.5. The van der Waals surface area contributed by atoms with Gasteiger partial charge in [0.1, 0.15) is 5.52 Å². The van der Waals surface area contributed by atoms with Gasteiger partial charge in [-0.1, -0.05) is 116 Å². The number of H-pyrrole nitrogens is 1. The lowest BCUT2D eigenvalue weighted by Gasteiger charge is -2.27. The average Bonchev–Trinajstić information content (AvgIpc) is 3.29. The quantitative estimate of drug-likeness (QED) is 0.209. The summed E-state index contributed by atoms with van der Waals surface area (Å²) in [5.74, 6) is 0. The Morgan fingerprint density at radius 2 is 1.16 bits per heavy atom. The van der Waals surface area contributed by atoms with E-state index in [1.165, 1.54) is 127 Å². The van der Waals surface area contributed by atoms with E-state index in [1.54, 1.807) is 0 Å². The molecule has 0 fully saturated rings. The molecule has 0 saturated carbocycles. The van der Waals surface area contributed by atoms with Gasteiger partial charge in [-0.2, -0.15) is 0 Å². The zero-order valence-electron chi connectivity index (χ0n) is 21.4. The summed E-state index contributed by atoms with van der Waals surface area (Å²) in [7, 11) is 0. The van der Waals surface area contributed by atoms with Gasteiger partial charge in [0.05, 0.1) is 5.52 Å². The van der Waals surface area contributed by atoms with Crippen LogP contribution in [-0.2, 0) is 6.42 Å². The molecule has 0 radical (unpaired) electrons. The fraction of sp³-hybridized carbons (Fsp3) is 0.786. The van der Waals surface area contributed by atoms with Crippen LogP contribution in [0.3, 0.4) is 0 Å². The van der Waals surface area contributed by atoms with E-state index in [0.717, 1.165) is 17.5 Å². The van der Waals surface area contributed by atoms with E-state index < -0.39 is 0 Å². The van der Waals surface area contributed by atoms with Gasteiger partial charge < -0.3 is 4.90 Å². The predicted molar refractivity (Wildman–Crippen MR) is 141 cm³/mol. The molecule has 0 aliphatic rings. The maximum absolute atomic E-state index is 4.39. The number of unbranched alkanes of at least 4 members (excludes halogenated alkanes) is 14. The Labute approximate surface area is 197 Å². The summed E-state index contributed by atoms with van der Waals surface area (Å²) >= 11 is 0. The molecule has 0 atom stereocenters. The smallest absolute Gasteiger partial charge is 0.118 e. The van der Waals surface area contributed by atoms with Crippen molar-refractivity contribution in [3.05, 3.63) is 17.7 Å². The van der Waals surface area contributed by atoms with Crippen molar-refractivity contribution >= 4 is 16.7 Å². The van der Waals surface area contributed by atoms with Crippen LogP contribution in [-0.4, -0.2) is 28.5 Å². The molecule has 1 N–H and O–H groups in total. The number of hydrogen-bond acceptors (Lipinski definition) is 3. The van der Waals surface area contributed by atoms with E-state index >= 15 is 0 Å². The minimum atomic E-state index is 1.00. The largest absolute Gasteiger partial charge is 0.371 e. The number of hydrogen-bond donors (Lipinski definition) is 1. The van der Waals surface area contributed by atoms with Gasteiger partial charge in [0.2, 0.25) is 0 Å². The maximum Gasteiger partial charge on any atom is 0.118 e. The van der Waals surface area contributed by atoms with Gasteiger partial charge in [0.25, 0.3) is 0 Å². The number of nitrogens with zero attached hydrogens (tertiary/aromatic N) is 3. The number of nitrogens with one attached hydrogen (secondary N) is 1. The number of aromatic nitrogens is 3. The molecular formula is C28H50N4. The summed E-state index contributed by atoms with van der Waals surface area (Å²) in [6.07, 6.45) is 23.0. The molecule has 32 heavy (non-hydrogen) atoms. The number of rotatable bonds is 20. The van der Waals surface area contributed by atoms with Gasteiger partial charge in [0.15, 0.2) is 0 Å². The molecule has 1 heterocycles. The Morgan fingerprint density at radius 1 is 0.656 bits per heavy atom.